The molecule has 2 heterocycles. The van der Waals surface area contributed by atoms with Crippen LogP contribution in [0.1, 0.15) is 18.0 Å². The maximum Gasteiger partial charge on any atom is 0.144 e. The number of nitrogens with zero attached hydrogens (tertiary/aromatic N) is 2. The number of rotatable bonds is 5. The van der Waals surface area contributed by atoms with E-state index in [0.29, 0.717) is 6.42 Å². The third-order valence-electron chi connectivity index (χ3n) is 3.72. The molecule has 0 amide bonds. The Balaban J connectivity index is 2.12. The first-order chi connectivity index (χ1) is 10.3. The molecule has 3 rings (SSSR count). The van der Waals surface area contributed by atoms with Crippen molar-refractivity contribution in [2.45, 2.75) is 12.5 Å². The van der Waals surface area contributed by atoms with E-state index in [4.69, 9.17) is 4.74 Å². The molecule has 1 atom stereocenters. The van der Waals surface area contributed by atoms with Crippen LogP contribution in [0, 0.1) is 0 Å². The SMILES string of the molecule is COc1ccnc2c1ccn2C(CCO)c1ccccc1. The van der Waals surface area contributed by atoms with Crippen molar-refractivity contribution >= 4 is 11.0 Å². The van der Waals surface area contributed by atoms with Crippen LogP contribution in [-0.2, 0) is 0 Å². The second-order valence-electron chi connectivity index (χ2n) is 4.91. The molecule has 0 aliphatic heterocycles. The van der Waals surface area contributed by atoms with Crippen molar-refractivity contribution in [2.24, 2.45) is 0 Å². The predicted molar refractivity (Wildman–Crippen MR) is 82.6 cm³/mol. The molecule has 0 bridgehead atoms. The largest absolute Gasteiger partial charge is 0.496 e. The lowest BCUT2D eigenvalue weighted by Crippen LogP contribution is -2.12. The van der Waals surface area contributed by atoms with Gasteiger partial charge in [-0.15, -0.1) is 0 Å². The molecular formula is C17H18N2O2. The molecule has 0 aliphatic carbocycles. The van der Waals surface area contributed by atoms with Crippen LogP contribution in [0.2, 0.25) is 0 Å². The van der Waals surface area contributed by atoms with Crippen LogP contribution < -0.4 is 4.74 Å². The molecule has 1 N–H and O–H groups in total. The van der Waals surface area contributed by atoms with E-state index in [9.17, 15) is 5.11 Å². The van der Waals surface area contributed by atoms with Gasteiger partial charge in [-0.1, -0.05) is 30.3 Å². The molecule has 1 unspecified atom stereocenters. The van der Waals surface area contributed by atoms with Gasteiger partial charge in [-0.25, -0.2) is 4.98 Å². The summed E-state index contributed by atoms with van der Waals surface area (Å²) in [5.41, 5.74) is 2.03. The van der Waals surface area contributed by atoms with Crippen LogP contribution in [0.15, 0.2) is 54.9 Å². The fraction of sp³-hybridized carbons (Fsp3) is 0.235. The molecule has 0 spiro atoms. The zero-order valence-electron chi connectivity index (χ0n) is 11.9. The Bertz CT molecular complexity index is 722. The minimum absolute atomic E-state index is 0.0632. The lowest BCUT2D eigenvalue weighted by Gasteiger charge is -2.19. The zero-order chi connectivity index (χ0) is 14.7. The lowest BCUT2D eigenvalue weighted by molar-refractivity contribution is 0.269. The molecule has 0 saturated carbocycles. The van der Waals surface area contributed by atoms with E-state index in [2.05, 4.69) is 21.7 Å². The molecule has 0 radical (unpaired) electrons. The monoisotopic (exact) mass is 282 g/mol. The summed E-state index contributed by atoms with van der Waals surface area (Å²) in [6.45, 7) is 0.128. The molecule has 3 aromatic rings. The Kier molecular flexibility index (Phi) is 3.88. The van der Waals surface area contributed by atoms with Crippen molar-refractivity contribution in [3.8, 4) is 5.75 Å². The number of benzene rings is 1. The van der Waals surface area contributed by atoms with Crippen LogP contribution in [0.4, 0.5) is 0 Å². The number of aromatic nitrogens is 2. The molecule has 4 heteroatoms. The minimum Gasteiger partial charge on any atom is -0.496 e. The second kappa shape index (κ2) is 5.97. The van der Waals surface area contributed by atoms with Gasteiger partial charge in [0.05, 0.1) is 18.5 Å². The average Bonchev–Trinajstić information content (AvgIpc) is 2.97. The summed E-state index contributed by atoms with van der Waals surface area (Å²) in [5.74, 6) is 0.814. The number of pyridine rings is 1. The summed E-state index contributed by atoms with van der Waals surface area (Å²) in [6.07, 6.45) is 4.40. The standard InChI is InChI=1S/C17H18N2O2/c1-21-16-7-10-18-17-14(16)8-11-19(17)15(9-12-20)13-5-3-2-4-6-13/h2-8,10-11,15,20H,9,12H2,1H3. The van der Waals surface area contributed by atoms with Crippen LogP contribution in [-0.4, -0.2) is 28.4 Å². The van der Waals surface area contributed by atoms with Gasteiger partial charge in [-0.3, -0.25) is 0 Å². The molecule has 21 heavy (non-hydrogen) atoms. The highest BCUT2D eigenvalue weighted by molar-refractivity contribution is 5.83. The molecule has 0 fully saturated rings. The van der Waals surface area contributed by atoms with Crippen molar-refractivity contribution in [2.75, 3.05) is 13.7 Å². The molecule has 0 aliphatic rings. The van der Waals surface area contributed by atoms with E-state index in [1.54, 1.807) is 13.3 Å². The Labute approximate surface area is 123 Å². The normalized spacial score (nSPS) is 12.5. The fourth-order valence-electron chi connectivity index (χ4n) is 2.73. The maximum atomic E-state index is 9.41. The van der Waals surface area contributed by atoms with Crippen LogP contribution in [0.3, 0.4) is 0 Å². The van der Waals surface area contributed by atoms with Gasteiger partial charge in [0.1, 0.15) is 11.4 Å². The van der Waals surface area contributed by atoms with Gasteiger partial charge in [-0.2, -0.15) is 0 Å². The fourth-order valence-corrected chi connectivity index (χ4v) is 2.73. The van der Waals surface area contributed by atoms with E-state index >= 15 is 0 Å². The molecule has 0 saturated heterocycles. The van der Waals surface area contributed by atoms with Crippen molar-refractivity contribution in [1.82, 2.24) is 9.55 Å². The first-order valence-electron chi connectivity index (χ1n) is 7.00. The first-order valence-corrected chi connectivity index (χ1v) is 7.00. The summed E-state index contributed by atoms with van der Waals surface area (Å²) in [4.78, 5) is 4.48. The number of aliphatic hydroxyl groups excluding tert-OH is 1. The maximum absolute atomic E-state index is 9.41. The van der Waals surface area contributed by atoms with Gasteiger partial charge in [0.2, 0.25) is 0 Å². The summed E-state index contributed by atoms with van der Waals surface area (Å²) < 4.78 is 7.48. The average molecular weight is 282 g/mol. The Morgan fingerprint density at radius 3 is 2.71 bits per heavy atom. The van der Waals surface area contributed by atoms with E-state index in [0.717, 1.165) is 22.3 Å². The topological polar surface area (TPSA) is 47.3 Å². The van der Waals surface area contributed by atoms with E-state index in [1.165, 1.54) is 0 Å². The molecular weight excluding hydrogens is 264 g/mol. The van der Waals surface area contributed by atoms with Crippen molar-refractivity contribution in [3.63, 3.8) is 0 Å². The third kappa shape index (κ3) is 2.50. The van der Waals surface area contributed by atoms with Crippen LogP contribution >= 0.6 is 0 Å². The predicted octanol–water partition coefficient (Wildman–Crippen LogP) is 3.02. The van der Waals surface area contributed by atoms with Gasteiger partial charge >= 0.3 is 0 Å². The van der Waals surface area contributed by atoms with Gasteiger partial charge < -0.3 is 14.4 Å². The Morgan fingerprint density at radius 2 is 2.00 bits per heavy atom. The second-order valence-corrected chi connectivity index (χ2v) is 4.91. The first kappa shape index (κ1) is 13.6. The highest BCUT2D eigenvalue weighted by atomic mass is 16.5. The highest BCUT2D eigenvalue weighted by Gasteiger charge is 2.17. The summed E-state index contributed by atoms with van der Waals surface area (Å²) in [7, 11) is 1.66. The van der Waals surface area contributed by atoms with E-state index in [-0.39, 0.29) is 12.6 Å². The summed E-state index contributed by atoms with van der Waals surface area (Å²) >= 11 is 0. The summed E-state index contributed by atoms with van der Waals surface area (Å²) in [6, 6.07) is 14.1. The third-order valence-corrected chi connectivity index (χ3v) is 3.72. The van der Waals surface area contributed by atoms with Crippen molar-refractivity contribution in [3.05, 3.63) is 60.4 Å². The number of ether oxygens (including phenoxy) is 1. The number of methoxy groups -OCH3 is 1. The molecule has 1 aromatic carbocycles. The smallest absolute Gasteiger partial charge is 0.144 e. The lowest BCUT2D eigenvalue weighted by atomic mass is 10.0. The summed E-state index contributed by atoms with van der Waals surface area (Å²) in [5, 5.41) is 10.4. The molecule has 4 nitrogen and oxygen atoms in total. The number of hydrogen-bond donors (Lipinski definition) is 1. The van der Waals surface area contributed by atoms with Crippen LogP contribution in [0.5, 0.6) is 5.75 Å². The van der Waals surface area contributed by atoms with Gasteiger partial charge in [0.15, 0.2) is 0 Å². The van der Waals surface area contributed by atoms with Gasteiger partial charge in [0.25, 0.3) is 0 Å². The Morgan fingerprint density at radius 1 is 1.19 bits per heavy atom. The highest BCUT2D eigenvalue weighted by Crippen LogP contribution is 2.30. The molecule has 108 valence electrons. The Hall–Kier alpha value is -2.33. The van der Waals surface area contributed by atoms with E-state index < -0.39 is 0 Å². The molecule has 2 aromatic heterocycles. The number of hydrogen-bond acceptors (Lipinski definition) is 3. The number of fused-ring (bicyclic) bond motifs is 1. The number of aliphatic hydroxyl groups is 1. The quantitative estimate of drug-likeness (QED) is 0.782. The minimum atomic E-state index is 0.0632. The van der Waals surface area contributed by atoms with E-state index in [1.807, 2.05) is 36.5 Å². The zero-order valence-corrected chi connectivity index (χ0v) is 11.9. The van der Waals surface area contributed by atoms with Crippen molar-refractivity contribution in [1.29, 1.82) is 0 Å². The van der Waals surface area contributed by atoms with Crippen LogP contribution in [0.25, 0.3) is 11.0 Å². The van der Waals surface area contributed by atoms with Gasteiger partial charge in [0, 0.05) is 19.0 Å². The van der Waals surface area contributed by atoms with Crippen molar-refractivity contribution < 1.29 is 9.84 Å². The van der Waals surface area contributed by atoms with Gasteiger partial charge in [-0.05, 0) is 24.1 Å².